The van der Waals surface area contributed by atoms with Gasteiger partial charge < -0.3 is 5.73 Å². The average molecular weight is 492 g/mol. The lowest BCUT2D eigenvalue weighted by atomic mass is 9.89. The third kappa shape index (κ3) is 29.8. The fourth-order valence-corrected chi connectivity index (χ4v) is 5.43. The third-order valence-corrected chi connectivity index (χ3v) is 7.91. The van der Waals surface area contributed by atoms with Crippen molar-refractivity contribution in [2.45, 2.75) is 194 Å². The Kier molecular flexibility index (Phi) is 31.5. The highest BCUT2D eigenvalue weighted by Gasteiger charge is 2.08. The Morgan fingerprint density at radius 1 is 0.400 bits per heavy atom. The number of hydrogen-bond acceptors (Lipinski definition) is 1. The summed E-state index contributed by atoms with van der Waals surface area (Å²) in [5.41, 5.74) is 5.55. The van der Waals surface area contributed by atoms with E-state index in [9.17, 15) is 0 Å². The van der Waals surface area contributed by atoms with Gasteiger partial charge in [-0.25, -0.2) is 0 Å². The molecule has 0 aliphatic carbocycles. The van der Waals surface area contributed by atoms with E-state index < -0.39 is 0 Å². The topological polar surface area (TPSA) is 26.0 Å². The van der Waals surface area contributed by atoms with Gasteiger partial charge in [-0.15, -0.1) is 0 Å². The molecule has 0 aromatic carbocycles. The van der Waals surface area contributed by atoms with Crippen LogP contribution in [0.5, 0.6) is 0 Å². The second-order valence-corrected chi connectivity index (χ2v) is 11.5. The van der Waals surface area contributed by atoms with Gasteiger partial charge in [-0.05, 0) is 44.6 Å². The van der Waals surface area contributed by atoms with E-state index in [-0.39, 0.29) is 0 Å². The lowest BCUT2D eigenvalue weighted by molar-refractivity contribution is 0.366. The lowest BCUT2D eigenvalue weighted by Gasteiger charge is -2.17. The highest BCUT2D eigenvalue weighted by atomic mass is 14.5. The van der Waals surface area contributed by atoms with Crippen molar-refractivity contribution in [3.63, 3.8) is 0 Å². The van der Waals surface area contributed by atoms with Crippen molar-refractivity contribution in [3.8, 4) is 0 Å². The standard InChI is InChI=1S/C34H69N/c1-3-5-7-9-22-26-30-34(31-27-23-10-8-6-4-2)32-28-24-20-18-16-14-12-11-13-15-17-19-21-25-29-33-35/h11-12,34H,3-10,13-33,35H2,1-2H3/b12-11-. The minimum absolute atomic E-state index is 0.863. The molecule has 0 aliphatic heterocycles. The largest absolute Gasteiger partial charge is 0.330 e. The van der Waals surface area contributed by atoms with Crippen LogP contribution in [0.4, 0.5) is 0 Å². The van der Waals surface area contributed by atoms with Gasteiger partial charge >= 0.3 is 0 Å². The second kappa shape index (κ2) is 31.7. The monoisotopic (exact) mass is 492 g/mol. The molecule has 0 bridgehead atoms. The van der Waals surface area contributed by atoms with Gasteiger partial charge in [0.05, 0.1) is 0 Å². The van der Waals surface area contributed by atoms with E-state index in [2.05, 4.69) is 26.0 Å². The maximum Gasteiger partial charge on any atom is -0.00773 e. The van der Waals surface area contributed by atoms with Gasteiger partial charge in [0.1, 0.15) is 0 Å². The predicted molar refractivity (Wildman–Crippen MR) is 162 cm³/mol. The fraction of sp³-hybridized carbons (Fsp3) is 0.941. The molecule has 0 heterocycles. The first-order chi connectivity index (χ1) is 17.3. The molecule has 0 atom stereocenters. The van der Waals surface area contributed by atoms with Crippen molar-refractivity contribution in [2.75, 3.05) is 6.54 Å². The molecule has 0 unspecified atom stereocenters. The summed E-state index contributed by atoms with van der Waals surface area (Å²) >= 11 is 0. The second-order valence-electron chi connectivity index (χ2n) is 11.5. The highest BCUT2D eigenvalue weighted by Crippen LogP contribution is 2.24. The highest BCUT2D eigenvalue weighted by molar-refractivity contribution is 4.81. The van der Waals surface area contributed by atoms with Crippen molar-refractivity contribution in [2.24, 2.45) is 11.7 Å². The van der Waals surface area contributed by atoms with Crippen molar-refractivity contribution >= 4 is 0 Å². The lowest BCUT2D eigenvalue weighted by Crippen LogP contribution is -2.01. The van der Waals surface area contributed by atoms with Crippen LogP contribution in [0.3, 0.4) is 0 Å². The van der Waals surface area contributed by atoms with Crippen LogP contribution in [0, 0.1) is 5.92 Å². The van der Waals surface area contributed by atoms with E-state index in [1.54, 1.807) is 0 Å². The molecule has 0 saturated heterocycles. The first kappa shape index (κ1) is 34.7. The molecule has 0 rings (SSSR count). The van der Waals surface area contributed by atoms with Crippen LogP contribution in [0.25, 0.3) is 0 Å². The van der Waals surface area contributed by atoms with E-state index >= 15 is 0 Å². The fourth-order valence-electron chi connectivity index (χ4n) is 5.43. The molecule has 0 amide bonds. The molecule has 0 radical (unpaired) electrons. The third-order valence-electron chi connectivity index (χ3n) is 7.91. The number of rotatable bonds is 30. The van der Waals surface area contributed by atoms with Crippen LogP contribution < -0.4 is 5.73 Å². The number of unbranched alkanes of at least 4 members (excludes halogenated alkanes) is 21. The Balaban J connectivity index is 3.70. The molecule has 0 saturated carbocycles. The summed E-state index contributed by atoms with van der Waals surface area (Å²) in [5, 5.41) is 0. The van der Waals surface area contributed by atoms with E-state index in [1.807, 2.05) is 0 Å². The van der Waals surface area contributed by atoms with E-state index in [1.165, 1.54) is 180 Å². The summed E-state index contributed by atoms with van der Waals surface area (Å²) in [6.07, 6.45) is 44.8. The Bertz CT molecular complexity index is 372. The summed E-state index contributed by atoms with van der Waals surface area (Å²) in [4.78, 5) is 0. The Hall–Kier alpha value is -0.300. The minimum atomic E-state index is 0.863. The Labute approximate surface area is 223 Å². The summed E-state index contributed by atoms with van der Waals surface area (Å²) in [5.74, 6) is 1.02. The molecule has 0 spiro atoms. The molecular weight excluding hydrogens is 422 g/mol. The minimum Gasteiger partial charge on any atom is -0.330 e. The summed E-state index contributed by atoms with van der Waals surface area (Å²) < 4.78 is 0. The van der Waals surface area contributed by atoms with Crippen molar-refractivity contribution < 1.29 is 0 Å². The Morgan fingerprint density at radius 2 is 0.714 bits per heavy atom. The number of nitrogens with two attached hydrogens (primary N) is 1. The van der Waals surface area contributed by atoms with Gasteiger partial charge in [-0.1, -0.05) is 174 Å². The first-order valence-corrected chi connectivity index (χ1v) is 16.7. The van der Waals surface area contributed by atoms with Gasteiger partial charge in [0.25, 0.3) is 0 Å². The van der Waals surface area contributed by atoms with Gasteiger partial charge in [0.15, 0.2) is 0 Å². The van der Waals surface area contributed by atoms with Crippen molar-refractivity contribution in [3.05, 3.63) is 12.2 Å². The predicted octanol–water partition coefficient (Wildman–Crippen LogP) is 12.1. The zero-order valence-electron chi connectivity index (χ0n) is 24.8. The number of hydrogen-bond donors (Lipinski definition) is 1. The molecule has 0 aromatic heterocycles. The maximum atomic E-state index is 5.55. The van der Waals surface area contributed by atoms with Gasteiger partial charge in [0, 0.05) is 0 Å². The molecule has 0 fully saturated rings. The van der Waals surface area contributed by atoms with Gasteiger partial charge in [0.2, 0.25) is 0 Å². The van der Waals surface area contributed by atoms with Crippen LogP contribution in [0.2, 0.25) is 0 Å². The molecular formula is C34H69N. The van der Waals surface area contributed by atoms with E-state index in [4.69, 9.17) is 5.73 Å². The molecule has 0 aromatic rings. The average Bonchev–Trinajstić information content (AvgIpc) is 2.87. The molecule has 1 heteroatoms. The molecule has 35 heavy (non-hydrogen) atoms. The van der Waals surface area contributed by atoms with Crippen molar-refractivity contribution in [1.29, 1.82) is 0 Å². The van der Waals surface area contributed by atoms with Crippen LogP contribution in [-0.4, -0.2) is 6.54 Å². The van der Waals surface area contributed by atoms with Gasteiger partial charge in [-0.3, -0.25) is 0 Å². The maximum absolute atomic E-state index is 5.55. The van der Waals surface area contributed by atoms with Gasteiger partial charge in [-0.2, -0.15) is 0 Å². The zero-order chi connectivity index (χ0) is 25.5. The van der Waals surface area contributed by atoms with Crippen LogP contribution >= 0.6 is 0 Å². The van der Waals surface area contributed by atoms with Crippen LogP contribution in [-0.2, 0) is 0 Å². The van der Waals surface area contributed by atoms with E-state index in [0.29, 0.717) is 0 Å². The first-order valence-electron chi connectivity index (χ1n) is 16.7. The quantitative estimate of drug-likeness (QED) is 0.0784. The SMILES string of the molecule is CCCCCCCCC(CCCCCCCC)CCCCCCC/C=C\CCCCCCCCN. The summed E-state index contributed by atoms with van der Waals surface area (Å²) in [6.45, 7) is 5.51. The molecule has 210 valence electrons. The molecule has 1 nitrogen and oxygen atoms in total. The van der Waals surface area contributed by atoms with Crippen molar-refractivity contribution in [1.82, 2.24) is 0 Å². The summed E-state index contributed by atoms with van der Waals surface area (Å²) in [6, 6.07) is 0. The Morgan fingerprint density at radius 3 is 1.09 bits per heavy atom. The van der Waals surface area contributed by atoms with E-state index in [0.717, 1.165) is 12.5 Å². The van der Waals surface area contributed by atoms with Crippen LogP contribution in [0.1, 0.15) is 194 Å². The molecule has 2 N–H and O–H groups in total. The normalized spacial score (nSPS) is 11.9. The molecule has 0 aliphatic rings. The smallest absolute Gasteiger partial charge is 0.00773 e. The zero-order valence-corrected chi connectivity index (χ0v) is 24.8. The van der Waals surface area contributed by atoms with Crippen LogP contribution in [0.15, 0.2) is 12.2 Å². The summed E-state index contributed by atoms with van der Waals surface area (Å²) in [7, 11) is 0. The number of allylic oxidation sites excluding steroid dienone is 2.